The molecule has 9 rings (SSSR count). The number of carbonyl (C=O) groups is 2. The number of nitrogens with zero attached hydrogens (tertiary/aromatic N) is 2. The van der Waals surface area contributed by atoms with Crippen LogP contribution in [0.1, 0.15) is 95.0 Å². The van der Waals surface area contributed by atoms with Crippen molar-refractivity contribution in [1.82, 2.24) is 20.1 Å². The standard InChI is InChI=1S/C47H63N5O7/c1-6-9-21-59-42(55)48-26-37(53)47(57)39-46(17-20-52-18-12-16-45(8-3,40(46)52)41(47)54)32-22-33(36(58-5)23-35(32)50-39)43(4)24-29-25-44(56,7-2)28-51(27-29)19-15-31-30-13-10-11-14-34(30)49-38(31)43/h10-14,16,22-23,29,39-41,49-50,54,56-57H,6-9,15,17-21,24-28H2,1-5H3,(H,48,55)/t29?,39-,40?,41-,43-,44?,45-,46+,47+/m1/s1. The summed E-state index contributed by atoms with van der Waals surface area (Å²) in [7, 11) is 1.70. The topological polar surface area (TPSA) is 160 Å². The van der Waals surface area contributed by atoms with E-state index in [2.05, 4.69) is 81.7 Å². The Hall–Kier alpha value is -3.94. The molecule has 2 aromatic carbocycles. The number of nitrogens with one attached hydrogen (secondary N) is 3. The number of H-pyrrole nitrogens is 1. The van der Waals surface area contributed by atoms with Crippen molar-refractivity contribution >= 4 is 28.5 Å². The van der Waals surface area contributed by atoms with Gasteiger partial charge in [-0.1, -0.05) is 57.5 Å². The molecule has 1 spiro atoms. The number of fused-ring (bicyclic) bond motifs is 6. The minimum Gasteiger partial charge on any atom is -0.496 e. The monoisotopic (exact) mass is 809 g/mol. The van der Waals surface area contributed by atoms with Crippen LogP contribution in [0.2, 0.25) is 0 Å². The lowest BCUT2D eigenvalue weighted by Crippen LogP contribution is -2.80. The third kappa shape index (κ3) is 5.86. The van der Waals surface area contributed by atoms with Crippen LogP contribution in [-0.4, -0.2) is 124 Å². The average molecular weight is 810 g/mol. The van der Waals surface area contributed by atoms with Crippen LogP contribution >= 0.6 is 0 Å². The van der Waals surface area contributed by atoms with Gasteiger partial charge in [-0.2, -0.15) is 0 Å². The smallest absolute Gasteiger partial charge is 0.407 e. The third-order valence-corrected chi connectivity index (χ3v) is 15.8. The quantitative estimate of drug-likeness (QED) is 0.119. The van der Waals surface area contributed by atoms with Gasteiger partial charge in [-0.3, -0.25) is 14.6 Å². The predicted molar refractivity (Wildman–Crippen MR) is 227 cm³/mol. The summed E-state index contributed by atoms with van der Waals surface area (Å²) in [4.78, 5) is 36.1. The van der Waals surface area contributed by atoms with Crippen molar-refractivity contribution in [1.29, 1.82) is 0 Å². The van der Waals surface area contributed by atoms with Crippen molar-refractivity contribution in [3.8, 4) is 5.75 Å². The normalized spacial score (nSPS) is 36.9. The number of alkyl carbamates (subject to hydrolysis) is 1. The minimum absolute atomic E-state index is 0.199. The minimum atomic E-state index is -2.27. The molecule has 12 nitrogen and oxygen atoms in total. The molecule has 318 valence electrons. The Morgan fingerprint density at radius 1 is 1.05 bits per heavy atom. The number of hydrogen-bond acceptors (Lipinski definition) is 10. The SMILES string of the molecule is CCCCOC(=O)NCC(=O)[C@@]1(O)[C@H](O)[C@]2(CC)C=CCN3CC[C@@]4(c5cc([C@@]6(C)CC7CN(CCc8c6[nH]c6ccccc86)CC(O)(CC)C7)c(OC)cc5N[C@@H]14)C32. The van der Waals surface area contributed by atoms with E-state index in [1.807, 2.05) is 19.9 Å². The van der Waals surface area contributed by atoms with E-state index in [4.69, 9.17) is 9.47 Å². The van der Waals surface area contributed by atoms with Gasteiger partial charge in [0.2, 0.25) is 0 Å². The molecule has 3 aromatic rings. The Labute approximate surface area is 347 Å². The summed E-state index contributed by atoms with van der Waals surface area (Å²) in [5.74, 6) is 0.238. The molecule has 6 aliphatic rings. The molecule has 10 atom stereocenters. The second-order valence-electron chi connectivity index (χ2n) is 18.9. The highest BCUT2D eigenvalue weighted by Gasteiger charge is 2.77. The molecular formula is C47H63N5O7. The molecule has 1 aliphatic carbocycles. The van der Waals surface area contributed by atoms with Crippen molar-refractivity contribution < 1.29 is 34.4 Å². The van der Waals surface area contributed by atoms with E-state index < -0.39 is 58.0 Å². The maximum atomic E-state index is 14.6. The Bertz CT molecular complexity index is 2170. The zero-order valence-electron chi connectivity index (χ0n) is 35.4. The van der Waals surface area contributed by atoms with E-state index in [9.17, 15) is 24.9 Å². The van der Waals surface area contributed by atoms with Crippen LogP contribution in [-0.2, 0) is 26.8 Å². The molecule has 6 heterocycles. The number of hydrogen-bond donors (Lipinski definition) is 6. The fourth-order valence-corrected chi connectivity index (χ4v) is 13.1. The summed E-state index contributed by atoms with van der Waals surface area (Å²) < 4.78 is 11.7. The lowest BCUT2D eigenvalue weighted by molar-refractivity contribution is -0.198. The van der Waals surface area contributed by atoms with E-state index >= 15 is 0 Å². The highest BCUT2D eigenvalue weighted by atomic mass is 16.5. The lowest BCUT2D eigenvalue weighted by Gasteiger charge is -2.62. The molecule has 4 unspecified atom stereocenters. The number of anilines is 1. The number of aliphatic hydroxyl groups is 3. The van der Waals surface area contributed by atoms with Gasteiger partial charge in [0.15, 0.2) is 11.4 Å². The number of piperidine rings is 1. The number of aliphatic hydroxyl groups excluding tert-OH is 1. The van der Waals surface area contributed by atoms with Gasteiger partial charge in [0.25, 0.3) is 0 Å². The zero-order chi connectivity index (χ0) is 41.5. The van der Waals surface area contributed by atoms with E-state index in [0.717, 1.165) is 66.9 Å². The first-order valence-electron chi connectivity index (χ1n) is 22.1. The number of carbonyl (C=O) groups excluding carboxylic acids is 2. The van der Waals surface area contributed by atoms with Crippen LogP contribution in [0, 0.1) is 11.3 Å². The maximum Gasteiger partial charge on any atom is 0.407 e. The number of Topliss-reactive ketones (excluding diaryl/α,β-unsaturated/α-hetero) is 1. The number of para-hydroxylation sites is 1. The summed E-state index contributed by atoms with van der Waals surface area (Å²) >= 11 is 0. The zero-order valence-corrected chi connectivity index (χ0v) is 35.4. The maximum absolute atomic E-state index is 14.6. The number of amides is 1. The number of aromatic nitrogens is 1. The highest BCUT2D eigenvalue weighted by Crippen LogP contribution is 2.66. The van der Waals surface area contributed by atoms with Gasteiger partial charge in [-0.15, -0.1) is 0 Å². The Morgan fingerprint density at radius 2 is 1.86 bits per heavy atom. The first-order chi connectivity index (χ1) is 28.3. The van der Waals surface area contributed by atoms with Crippen molar-refractivity contribution in [3.05, 3.63) is 70.9 Å². The largest absolute Gasteiger partial charge is 0.496 e. The van der Waals surface area contributed by atoms with Gasteiger partial charge in [-0.25, -0.2) is 4.79 Å². The summed E-state index contributed by atoms with van der Waals surface area (Å²) in [5.41, 5.74) is 0.967. The van der Waals surface area contributed by atoms with Gasteiger partial charge in [0.05, 0.1) is 31.9 Å². The van der Waals surface area contributed by atoms with Crippen LogP contribution < -0.4 is 15.4 Å². The summed E-state index contributed by atoms with van der Waals surface area (Å²) in [5, 5.41) is 45.1. The number of aromatic amines is 1. The van der Waals surface area contributed by atoms with Crippen LogP contribution in [0.5, 0.6) is 5.75 Å². The number of rotatable bonds is 10. The molecular weight excluding hydrogens is 747 g/mol. The predicted octanol–water partition coefficient (Wildman–Crippen LogP) is 5.17. The third-order valence-electron chi connectivity index (χ3n) is 15.8. The first-order valence-corrected chi connectivity index (χ1v) is 22.1. The number of benzene rings is 2. The van der Waals surface area contributed by atoms with Gasteiger partial charge < -0.3 is 40.4 Å². The van der Waals surface area contributed by atoms with Crippen molar-refractivity contribution in [2.75, 3.05) is 58.3 Å². The summed E-state index contributed by atoms with van der Waals surface area (Å²) in [6.45, 7) is 12.0. The molecule has 12 heteroatoms. The van der Waals surface area contributed by atoms with Gasteiger partial charge >= 0.3 is 6.09 Å². The number of ketones is 1. The molecule has 2 bridgehead atoms. The molecule has 0 radical (unpaired) electrons. The lowest BCUT2D eigenvalue weighted by atomic mass is 9.47. The molecule has 1 aromatic heterocycles. The Morgan fingerprint density at radius 3 is 2.63 bits per heavy atom. The van der Waals surface area contributed by atoms with Crippen LogP contribution in [0.3, 0.4) is 0 Å². The second kappa shape index (κ2) is 14.6. The molecule has 1 amide bonds. The van der Waals surface area contributed by atoms with Crippen molar-refractivity contribution in [2.24, 2.45) is 11.3 Å². The summed E-state index contributed by atoms with van der Waals surface area (Å²) in [6, 6.07) is 11.8. The van der Waals surface area contributed by atoms with E-state index in [1.165, 1.54) is 10.9 Å². The Balaban J connectivity index is 1.22. The van der Waals surface area contributed by atoms with E-state index in [-0.39, 0.29) is 18.6 Å². The fourth-order valence-electron chi connectivity index (χ4n) is 13.1. The molecule has 6 N–H and O–H groups in total. The van der Waals surface area contributed by atoms with Gasteiger partial charge in [-0.05, 0) is 87.6 Å². The van der Waals surface area contributed by atoms with Crippen LogP contribution in [0.25, 0.3) is 10.9 Å². The molecule has 5 aliphatic heterocycles. The molecule has 1 saturated carbocycles. The first kappa shape index (κ1) is 40.5. The fraction of sp³-hybridized carbons (Fsp3) is 0.617. The molecule has 59 heavy (non-hydrogen) atoms. The molecule has 2 saturated heterocycles. The molecule has 3 fully saturated rings. The highest BCUT2D eigenvalue weighted by molar-refractivity contribution is 5.95. The van der Waals surface area contributed by atoms with Crippen molar-refractivity contribution in [2.45, 2.75) is 119 Å². The van der Waals surface area contributed by atoms with E-state index in [1.54, 1.807) is 7.11 Å². The van der Waals surface area contributed by atoms with E-state index in [0.29, 0.717) is 50.9 Å². The van der Waals surface area contributed by atoms with Crippen LogP contribution in [0.15, 0.2) is 48.6 Å². The van der Waals surface area contributed by atoms with Gasteiger partial charge in [0.1, 0.15) is 11.9 Å². The van der Waals surface area contributed by atoms with Crippen molar-refractivity contribution in [3.63, 3.8) is 0 Å². The number of methoxy groups -OCH3 is 1. The van der Waals surface area contributed by atoms with Gasteiger partial charge in [0, 0.05) is 82.4 Å². The summed E-state index contributed by atoms with van der Waals surface area (Å²) in [6.07, 6.45) is 7.65. The Kier molecular flexibility index (Phi) is 10.0. The number of ether oxygens (including phenoxy) is 2. The average Bonchev–Trinajstić information content (AvgIpc) is 3.93. The number of unbranched alkanes of at least 4 members (excludes halogenated alkanes) is 1. The van der Waals surface area contributed by atoms with Crippen LogP contribution in [0.4, 0.5) is 10.5 Å². The second-order valence-corrected chi connectivity index (χ2v) is 18.9.